The molecular weight excluding hydrogens is 118 g/mol. The Labute approximate surface area is 52.3 Å². The summed E-state index contributed by atoms with van der Waals surface area (Å²) in [6.07, 6.45) is 0. The van der Waals surface area contributed by atoms with Gasteiger partial charge in [0.25, 0.3) is 0 Å². The van der Waals surface area contributed by atoms with Crippen LogP contribution in [0, 0.1) is 6.92 Å². The minimum Gasteiger partial charge on any atom is -0.324 e. The Balaban J connectivity index is 2.88. The van der Waals surface area contributed by atoms with Gasteiger partial charge in [0.1, 0.15) is 0 Å². The highest BCUT2D eigenvalue weighted by molar-refractivity contribution is 4.77. The van der Waals surface area contributed by atoms with Crippen LogP contribution in [-0.2, 0) is 6.54 Å². The Bertz CT molecular complexity index is 181. The molecule has 48 valence electrons. The SMILES string of the molecule is Cc1nnc(CN)nn1. The van der Waals surface area contributed by atoms with Crippen molar-refractivity contribution in [3.8, 4) is 0 Å². The van der Waals surface area contributed by atoms with E-state index in [9.17, 15) is 0 Å². The maximum absolute atomic E-state index is 5.19. The number of nitrogens with two attached hydrogens (primary N) is 1. The van der Waals surface area contributed by atoms with Crippen LogP contribution in [0.15, 0.2) is 0 Å². The minimum absolute atomic E-state index is 0.292. The van der Waals surface area contributed by atoms with Gasteiger partial charge in [-0.25, -0.2) is 0 Å². The standard InChI is InChI=1S/C4H7N5/c1-3-6-8-4(2-5)9-7-3/h2,5H2,1H3. The number of hydrogen-bond acceptors (Lipinski definition) is 5. The molecule has 1 rings (SSSR count). The zero-order valence-electron chi connectivity index (χ0n) is 5.07. The molecule has 0 atom stereocenters. The van der Waals surface area contributed by atoms with E-state index in [1.807, 2.05) is 0 Å². The van der Waals surface area contributed by atoms with Crippen LogP contribution < -0.4 is 5.73 Å². The van der Waals surface area contributed by atoms with Gasteiger partial charge in [-0.05, 0) is 6.92 Å². The molecule has 0 spiro atoms. The maximum Gasteiger partial charge on any atom is 0.187 e. The average molecular weight is 125 g/mol. The topological polar surface area (TPSA) is 77.6 Å². The largest absolute Gasteiger partial charge is 0.324 e. The van der Waals surface area contributed by atoms with E-state index in [4.69, 9.17) is 5.73 Å². The first-order valence-electron chi connectivity index (χ1n) is 2.56. The number of aromatic nitrogens is 4. The normalized spacial score (nSPS) is 9.56. The van der Waals surface area contributed by atoms with E-state index < -0.39 is 0 Å². The monoisotopic (exact) mass is 125 g/mol. The van der Waals surface area contributed by atoms with Crippen molar-refractivity contribution in [2.24, 2.45) is 5.73 Å². The Morgan fingerprint density at radius 1 is 1.22 bits per heavy atom. The number of nitrogens with zero attached hydrogens (tertiary/aromatic N) is 4. The Hall–Kier alpha value is -1.10. The fraction of sp³-hybridized carbons (Fsp3) is 0.500. The summed E-state index contributed by atoms with van der Waals surface area (Å²) >= 11 is 0. The summed E-state index contributed by atoms with van der Waals surface area (Å²) in [5.74, 6) is 1.04. The molecule has 0 fully saturated rings. The zero-order valence-corrected chi connectivity index (χ0v) is 5.07. The van der Waals surface area contributed by atoms with Crippen molar-refractivity contribution in [3.63, 3.8) is 0 Å². The molecule has 1 aromatic rings. The first kappa shape index (κ1) is 6.03. The Morgan fingerprint density at radius 2 is 1.78 bits per heavy atom. The van der Waals surface area contributed by atoms with Crippen molar-refractivity contribution < 1.29 is 0 Å². The first-order valence-corrected chi connectivity index (χ1v) is 2.56. The molecule has 0 aliphatic rings. The van der Waals surface area contributed by atoms with Crippen molar-refractivity contribution in [1.29, 1.82) is 0 Å². The Morgan fingerprint density at radius 3 is 2.22 bits per heavy atom. The third-order valence-corrected chi connectivity index (χ3v) is 0.803. The van der Waals surface area contributed by atoms with Gasteiger partial charge in [0, 0.05) is 0 Å². The van der Waals surface area contributed by atoms with E-state index in [0.717, 1.165) is 0 Å². The molecule has 0 saturated carbocycles. The van der Waals surface area contributed by atoms with Crippen molar-refractivity contribution >= 4 is 0 Å². The lowest BCUT2D eigenvalue weighted by Gasteiger charge is -1.89. The summed E-state index contributed by atoms with van der Waals surface area (Å²) in [6, 6.07) is 0. The van der Waals surface area contributed by atoms with E-state index >= 15 is 0 Å². The van der Waals surface area contributed by atoms with E-state index in [0.29, 0.717) is 18.2 Å². The van der Waals surface area contributed by atoms with Crippen molar-refractivity contribution in [3.05, 3.63) is 11.6 Å². The summed E-state index contributed by atoms with van der Waals surface area (Å²) in [5, 5.41) is 14.6. The van der Waals surface area contributed by atoms with Crippen molar-refractivity contribution in [2.75, 3.05) is 0 Å². The molecule has 0 bridgehead atoms. The van der Waals surface area contributed by atoms with Crippen LogP contribution in [0.25, 0.3) is 0 Å². The van der Waals surface area contributed by atoms with E-state index in [2.05, 4.69) is 20.4 Å². The van der Waals surface area contributed by atoms with Crippen LogP contribution in [0.3, 0.4) is 0 Å². The average Bonchev–Trinajstić information content (AvgIpc) is 1.90. The van der Waals surface area contributed by atoms with Gasteiger partial charge in [-0.15, -0.1) is 20.4 Å². The fourth-order valence-electron chi connectivity index (χ4n) is 0.382. The van der Waals surface area contributed by atoms with Gasteiger partial charge < -0.3 is 5.73 Å². The van der Waals surface area contributed by atoms with Gasteiger partial charge in [0.05, 0.1) is 6.54 Å². The second kappa shape index (κ2) is 2.45. The van der Waals surface area contributed by atoms with Crippen molar-refractivity contribution in [2.45, 2.75) is 13.5 Å². The van der Waals surface area contributed by atoms with Crippen LogP contribution in [0.2, 0.25) is 0 Å². The van der Waals surface area contributed by atoms with Gasteiger partial charge in [0.2, 0.25) is 0 Å². The highest BCUT2D eigenvalue weighted by Gasteiger charge is 1.91. The lowest BCUT2D eigenvalue weighted by atomic mass is 10.6. The molecular formula is C4H7N5. The number of hydrogen-bond donors (Lipinski definition) is 1. The number of aryl methyl sites for hydroxylation is 1. The van der Waals surface area contributed by atoms with Crippen LogP contribution in [-0.4, -0.2) is 20.4 Å². The smallest absolute Gasteiger partial charge is 0.187 e. The van der Waals surface area contributed by atoms with Gasteiger partial charge >= 0.3 is 0 Å². The molecule has 2 N–H and O–H groups in total. The molecule has 1 aromatic heterocycles. The van der Waals surface area contributed by atoms with E-state index in [1.54, 1.807) is 6.92 Å². The highest BCUT2D eigenvalue weighted by atomic mass is 15.3. The van der Waals surface area contributed by atoms with Crippen LogP contribution in [0.1, 0.15) is 11.6 Å². The molecule has 0 radical (unpaired) electrons. The van der Waals surface area contributed by atoms with Gasteiger partial charge in [0.15, 0.2) is 11.6 Å². The molecule has 0 amide bonds. The molecule has 0 saturated heterocycles. The first-order chi connectivity index (χ1) is 4.33. The summed E-state index contributed by atoms with van der Waals surface area (Å²) in [5.41, 5.74) is 5.19. The maximum atomic E-state index is 5.19. The van der Waals surface area contributed by atoms with Gasteiger partial charge in [-0.1, -0.05) is 0 Å². The molecule has 0 aliphatic heterocycles. The van der Waals surface area contributed by atoms with Crippen molar-refractivity contribution in [1.82, 2.24) is 20.4 Å². The van der Waals surface area contributed by atoms with E-state index in [1.165, 1.54) is 0 Å². The second-order valence-corrected chi connectivity index (χ2v) is 1.57. The fourth-order valence-corrected chi connectivity index (χ4v) is 0.382. The lowest BCUT2D eigenvalue weighted by molar-refractivity contribution is 0.728. The molecule has 9 heavy (non-hydrogen) atoms. The Kier molecular flexibility index (Phi) is 1.64. The molecule has 0 aromatic carbocycles. The molecule has 5 heteroatoms. The third-order valence-electron chi connectivity index (χ3n) is 0.803. The number of rotatable bonds is 1. The predicted octanol–water partition coefficient (Wildman–Crippen LogP) is -0.966. The molecule has 0 unspecified atom stereocenters. The minimum atomic E-state index is 0.292. The highest BCUT2D eigenvalue weighted by Crippen LogP contribution is 1.80. The lowest BCUT2D eigenvalue weighted by Crippen LogP contribution is -2.07. The van der Waals surface area contributed by atoms with Gasteiger partial charge in [-0.3, -0.25) is 0 Å². The third kappa shape index (κ3) is 1.39. The van der Waals surface area contributed by atoms with Gasteiger partial charge in [-0.2, -0.15) is 0 Å². The summed E-state index contributed by atoms with van der Waals surface area (Å²) in [7, 11) is 0. The second-order valence-electron chi connectivity index (χ2n) is 1.57. The van der Waals surface area contributed by atoms with Crippen LogP contribution in [0.4, 0.5) is 0 Å². The zero-order chi connectivity index (χ0) is 6.69. The molecule has 0 aliphatic carbocycles. The predicted molar refractivity (Wildman–Crippen MR) is 30.3 cm³/mol. The summed E-state index contributed by atoms with van der Waals surface area (Å²) in [6.45, 7) is 2.01. The molecule has 1 heterocycles. The van der Waals surface area contributed by atoms with E-state index in [-0.39, 0.29) is 0 Å². The van der Waals surface area contributed by atoms with Crippen LogP contribution in [0.5, 0.6) is 0 Å². The quantitative estimate of drug-likeness (QED) is 0.522. The molecule has 5 nitrogen and oxygen atoms in total. The summed E-state index contributed by atoms with van der Waals surface area (Å²) < 4.78 is 0. The summed E-state index contributed by atoms with van der Waals surface area (Å²) in [4.78, 5) is 0. The van der Waals surface area contributed by atoms with Crippen LogP contribution >= 0.6 is 0 Å².